The van der Waals surface area contributed by atoms with Gasteiger partial charge in [-0.1, -0.05) is 0 Å². The summed E-state index contributed by atoms with van der Waals surface area (Å²) in [5, 5.41) is 4.53. The maximum Gasteiger partial charge on any atom is 0.402 e. The van der Waals surface area contributed by atoms with E-state index in [0.717, 1.165) is 11.3 Å². The van der Waals surface area contributed by atoms with Crippen LogP contribution in [-0.4, -0.2) is 33.2 Å². The number of nitrogens with zero attached hydrogens (tertiary/aromatic N) is 1. The standard InChI is InChI=1S/C8H13F3N4O2S2/c1-5(12-2)6-3-18-7(14-6)15-19(16,17)13-4-8(9,10)11/h3,5,12-13H,4H2,1-2H3,(H,14,15). The average molecular weight is 318 g/mol. The van der Waals surface area contributed by atoms with Gasteiger partial charge in [0, 0.05) is 11.4 Å². The summed E-state index contributed by atoms with van der Waals surface area (Å²) < 4.78 is 61.7. The van der Waals surface area contributed by atoms with Gasteiger partial charge in [-0.15, -0.1) is 11.3 Å². The van der Waals surface area contributed by atoms with Crippen LogP contribution in [-0.2, 0) is 10.2 Å². The van der Waals surface area contributed by atoms with Crippen molar-refractivity contribution in [1.82, 2.24) is 15.0 Å². The quantitative estimate of drug-likeness (QED) is 0.737. The van der Waals surface area contributed by atoms with Crippen molar-refractivity contribution in [1.29, 1.82) is 0 Å². The number of hydrogen-bond donors (Lipinski definition) is 3. The summed E-state index contributed by atoms with van der Waals surface area (Å²) in [6.07, 6.45) is -4.61. The summed E-state index contributed by atoms with van der Waals surface area (Å²) in [7, 11) is -2.57. The molecule has 0 bridgehead atoms. The molecule has 1 aromatic heterocycles. The highest BCUT2D eigenvalue weighted by Crippen LogP contribution is 2.21. The Morgan fingerprint density at radius 3 is 2.63 bits per heavy atom. The molecule has 0 amide bonds. The molecule has 0 aliphatic carbocycles. The first kappa shape index (κ1) is 16.1. The molecule has 0 aliphatic rings. The highest BCUT2D eigenvalue weighted by atomic mass is 32.2. The lowest BCUT2D eigenvalue weighted by Crippen LogP contribution is -2.37. The largest absolute Gasteiger partial charge is 0.402 e. The second kappa shape index (κ2) is 6.03. The highest BCUT2D eigenvalue weighted by Gasteiger charge is 2.29. The van der Waals surface area contributed by atoms with E-state index in [9.17, 15) is 21.6 Å². The number of rotatable bonds is 6. The van der Waals surface area contributed by atoms with Crippen molar-refractivity contribution in [3.63, 3.8) is 0 Å². The predicted molar refractivity (Wildman–Crippen MR) is 66.2 cm³/mol. The van der Waals surface area contributed by atoms with Crippen molar-refractivity contribution in [2.75, 3.05) is 18.3 Å². The molecule has 11 heteroatoms. The number of aromatic nitrogens is 1. The fraction of sp³-hybridized carbons (Fsp3) is 0.625. The van der Waals surface area contributed by atoms with Crippen LogP contribution in [0.4, 0.5) is 18.3 Å². The van der Waals surface area contributed by atoms with Gasteiger partial charge in [-0.3, -0.25) is 0 Å². The third-order valence-electron chi connectivity index (χ3n) is 2.08. The fourth-order valence-electron chi connectivity index (χ4n) is 1.01. The van der Waals surface area contributed by atoms with Crippen LogP contribution in [0.3, 0.4) is 0 Å². The first-order chi connectivity index (χ1) is 8.63. The predicted octanol–water partition coefficient (Wildman–Crippen LogP) is 1.23. The molecule has 0 fully saturated rings. The lowest BCUT2D eigenvalue weighted by molar-refractivity contribution is -0.121. The van der Waals surface area contributed by atoms with Gasteiger partial charge in [0.25, 0.3) is 0 Å². The van der Waals surface area contributed by atoms with E-state index < -0.39 is 22.9 Å². The Morgan fingerprint density at radius 2 is 2.11 bits per heavy atom. The summed E-state index contributed by atoms with van der Waals surface area (Å²) in [5.74, 6) is 0. The van der Waals surface area contributed by atoms with Crippen LogP contribution in [0.5, 0.6) is 0 Å². The van der Waals surface area contributed by atoms with Crippen LogP contribution in [0, 0.1) is 0 Å². The summed E-state index contributed by atoms with van der Waals surface area (Å²) in [4.78, 5) is 3.96. The third-order valence-corrected chi connectivity index (χ3v) is 3.97. The minimum absolute atomic E-state index is 0.00627. The molecule has 19 heavy (non-hydrogen) atoms. The molecule has 1 unspecified atom stereocenters. The van der Waals surface area contributed by atoms with Crippen LogP contribution < -0.4 is 14.8 Å². The SMILES string of the molecule is CNC(C)c1csc(NS(=O)(=O)NCC(F)(F)F)n1. The van der Waals surface area contributed by atoms with Crippen molar-refractivity contribution in [3.8, 4) is 0 Å². The minimum Gasteiger partial charge on any atom is -0.312 e. The molecule has 0 aromatic carbocycles. The summed E-state index contributed by atoms with van der Waals surface area (Å²) in [6, 6.07) is -0.0855. The molecule has 6 nitrogen and oxygen atoms in total. The van der Waals surface area contributed by atoms with Crippen molar-refractivity contribution >= 4 is 26.7 Å². The third kappa shape index (κ3) is 5.72. The van der Waals surface area contributed by atoms with Crippen LogP contribution in [0.15, 0.2) is 5.38 Å². The number of anilines is 1. The first-order valence-electron chi connectivity index (χ1n) is 5.10. The van der Waals surface area contributed by atoms with Crippen LogP contribution in [0.25, 0.3) is 0 Å². The summed E-state index contributed by atoms with van der Waals surface area (Å²) in [6.45, 7) is 0.183. The molecule has 1 aromatic rings. The molecule has 0 saturated carbocycles. The number of hydrogen-bond acceptors (Lipinski definition) is 5. The molecule has 0 aliphatic heterocycles. The van der Waals surface area contributed by atoms with Gasteiger partial charge in [-0.25, -0.2) is 9.71 Å². The number of thiazole rings is 1. The summed E-state index contributed by atoms with van der Waals surface area (Å²) >= 11 is 0.991. The average Bonchev–Trinajstić information content (AvgIpc) is 2.72. The van der Waals surface area contributed by atoms with Crippen LogP contribution in [0.1, 0.15) is 18.7 Å². The number of alkyl halides is 3. The smallest absolute Gasteiger partial charge is 0.312 e. The maximum absolute atomic E-state index is 11.9. The molecule has 0 saturated heterocycles. The normalized spacial score (nSPS) is 14.4. The molecule has 1 rings (SSSR count). The van der Waals surface area contributed by atoms with Gasteiger partial charge >= 0.3 is 16.4 Å². The zero-order valence-corrected chi connectivity index (χ0v) is 11.7. The molecule has 0 spiro atoms. The Hall–Kier alpha value is -0.910. The van der Waals surface area contributed by atoms with Crippen molar-refractivity contribution < 1.29 is 21.6 Å². The molecule has 0 radical (unpaired) electrons. The van der Waals surface area contributed by atoms with E-state index in [2.05, 4.69) is 10.3 Å². The Labute approximate surface area is 112 Å². The monoisotopic (exact) mass is 318 g/mol. The van der Waals surface area contributed by atoms with Gasteiger partial charge in [0.2, 0.25) is 0 Å². The van der Waals surface area contributed by atoms with E-state index in [1.54, 1.807) is 12.4 Å². The zero-order chi connectivity index (χ0) is 14.7. The van der Waals surface area contributed by atoms with Gasteiger partial charge in [-0.05, 0) is 14.0 Å². The fourth-order valence-corrected chi connectivity index (χ4v) is 2.88. The van der Waals surface area contributed by atoms with Gasteiger partial charge in [0.1, 0.15) is 6.54 Å². The zero-order valence-electron chi connectivity index (χ0n) is 10.1. The second-order valence-electron chi connectivity index (χ2n) is 3.63. The second-order valence-corrected chi connectivity index (χ2v) is 5.99. The Morgan fingerprint density at radius 1 is 1.47 bits per heavy atom. The van der Waals surface area contributed by atoms with E-state index in [1.165, 1.54) is 4.72 Å². The Bertz CT molecular complexity index is 514. The lowest BCUT2D eigenvalue weighted by Gasteiger charge is -2.09. The van der Waals surface area contributed by atoms with Gasteiger partial charge < -0.3 is 5.32 Å². The van der Waals surface area contributed by atoms with Crippen molar-refractivity contribution in [3.05, 3.63) is 11.1 Å². The Kier molecular flexibility index (Phi) is 5.12. The van der Waals surface area contributed by atoms with E-state index in [4.69, 9.17) is 0 Å². The van der Waals surface area contributed by atoms with Crippen molar-refractivity contribution in [2.24, 2.45) is 0 Å². The van der Waals surface area contributed by atoms with Crippen LogP contribution >= 0.6 is 11.3 Å². The number of halogens is 3. The van der Waals surface area contributed by atoms with E-state index >= 15 is 0 Å². The number of nitrogens with one attached hydrogen (secondary N) is 3. The molecule has 3 N–H and O–H groups in total. The van der Waals surface area contributed by atoms with Gasteiger partial charge in [0.05, 0.1) is 5.69 Å². The highest BCUT2D eigenvalue weighted by molar-refractivity contribution is 7.91. The van der Waals surface area contributed by atoms with Crippen LogP contribution in [0.2, 0.25) is 0 Å². The molecular formula is C8H13F3N4O2S2. The molecular weight excluding hydrogens is 305 g/mol. The topological polar surface area (TPSA) is 83.1 Å². The first-order valence-corrected chi connectivity index (χ1v) is 7.46. The van der Waals surface area contributed by atoms with Gasteiger partial charge in [0.15, 0.2) is 5.13 Å². The molecule has 1 atom stereocenters. The Balaban J connectivity index is 2.66. The lowest BCUT2D eigenvalue weighted by atomic mass is 10.3. The van der Waals surface area contributed by atoms with Crippen molar-refractivity contribution in [2.45, 2.75) is 19.1 Å². The van der Waals surface area contributed by atoms with E-state index in [0.29, 0.717) is 5.69 Å². The van der Waals surface area contributed by atoms with Gasteiger partial charge in [-0.2, -0.15) is 26.3 Å². The summed E-state index contributed by atoms with van der Waals surface area (Å²) in [5.41, 5.74) is 0.598. The minimum atomic E-state index is -4.61. The molecule has 110 valence electrons. The maximum atomic E-state index is 11.9. The van der Waals surface area contributed by atoms with E-state index in [1.807, 2.05) is 11.6 Å². The molecule has 1 heterocycles. The van der Waals surface area contributed by atoms with E-state index in [-0.39, 0.29) is 11.2 Å².